The van der Waals surface area contributed by atoms with Gasteiger partial charge in [0, 0.05) is 0 Å². The van der Waals surface area contributed by atoms with Gasteiger partial charge in [-0.05, 0) is 0 Å². The molecule has 0 amide bonds. The van der Waals surface area contributed by atoms with E-state index in [1.165, 1.54) is 15.9 Å². The van der Waals surface area contributed by atoms with Crippen LogP contribution in [0.25, 0.3) is 0 Å². The molecule has 0 bridgehead atoms. The van der Waals surface area contributed by atoms with Gasteiger partial charge >= 0.3 is 143 Å². The Morgan fingerprint density at radius 1 is 0.652 bits per heavy atom. The molecule has 0 saturated carbocycles. The number of rotatable bonds is 5. The maximum atomic E-state index is 10.1. The van der Waals surface area contributed by atoms with Gasteiger partial charge in [0.05, 0.1) is 0 Å². The van der Waals surface area contributed by atoms with Gasteiger partial charge in [0.15, 0.2) is 0 Å². The standard InChI is InChI=1S/C20H20ClOP/c21-20(22)16-23(17-10-4-1-5-11-17,18-12-6-2-7-13-18)19-14-8-3-9-15-19/h1-15,20,22-23H,16H2. The zero-order valence-corrected chi connectivity index (χ0v) is 14.5. The molecule has 3 aromatic carbocycles. The van der Waals surface area contributed by atoms with E-state index < -0.39 is 12.8 Å². The average Bonchev–Trinajstić information content (AvgIpc) is 2.62. The molecule has 1 N–H and O–H groups in total. The zero-order valence-electron chi connectivity index (χ0n) is 12.8. The quantitative estimate of drug-likeness (QED) is 0.557. The third-order valence-electron chi connectivity index (χ3n) is 4.27. The van der Waals surface area contributed by atoms with Crippen molar-refractivity contribution >= 4 is 34.8 Å². The number of hydrogen-bond donors (Lipinski definition) is 1. The van der Waals surface area contributed by atoms with Gasteiger partial charge in [0.1, 0.15) is 0 Å². The predicted molar refractivity (Wildman–Crippen MR) is 103 cm³/mol. The molecule has 1 atom stereocenters. The molecule has 0 heterocycles. The van der Waals surface area contributed by atoms with Crippen LogP contribution >= 0.6 is 18.9 Å². The van der Waals surface area contributed by atoms with E-state index in [0.717, 1.165) is 0 Å². The van der Waals surface area contributed by atoms with E-state index in [4.69, 9.17) is 11.6 Å². The van der Waals surface area contributed by atoms with E-state index in [-0.39, 0.29) is 0 Å². The van der Waals surface area contributed by atoms with Crippen LogP contribution < -0.4 is 15.9 Å². The molecule has 3 aromatic rings. The van der Waals surface area contributed by atoms with Crippen molar-refractivity contribution in [1.82, 2.24) is 0 Å². The molecule has 1 unspecified atom stereocenters. The van der Waals surface area contributed by atoms with E-state index >= 15 is 0 Å². The first-order chi connectivity index (χ1) is 11.2. The van der Waals surface area contributed by atoms with Crippen LogP contribution in [-0.2, 0) is 0 Å². The van der Waals surface area contributed by atoms with Gasteiger partial charge < -0.3 is 0 Å². The van der Waals surface area contributed by atoms with Gasteiger partial charge in [-0.15, -0.1) is 0 Å². The molecule has 23 heavy (non-hydrogen) atoms. The van der Waals surface area contributed by atoms with Crippen molar-refractivity contribution < 1.29 is 5.11 Å². The SMILES string of the molecule is OC(Cl)C[PH](c1ccccc1)(c1ccccc1)c1ccccc1. The molecule has 1 nitrogen and oxygen atoms in total. The van der Waals surface area contributed by atoms with Crippen molar-refractivity contribution in [3.05, 3.63) is 91.0 Å². The molecule has 0 aliphatic rings. The molecule has 0 radical (unpaired) electrons. The third kappa shape index (κ3) is 3.33. The Balaban J connectivity index is 2.30. The summed E-state index contributed by atoms with van der Waals surface area (Å²) in [5.74, 6) is 0. The Kier molecular flexibility index (Phi) is 5.13. The first-order valence-corrected chi connectivity index (χ1v) is 10.4. The molecule has 0 saturated heterocycles. The van der Waals surface area contributed by atoms with Crippen LogP contribution in [0, 0.1) is 0 Å². The first kappa shape index (κ1) is 16.2. The number of halogens is 1. The van der Waals surface area contributed by atoms with Crippen molar-refractivity contribution in [3.8, 4) is 0 Å². The second kappa shape index (κ2) is 7.27. The Labute approximate surface area is 142 Å². The number of hydrogen-bond acceptors (Lipinski definition) is 1. The van der Waals surface area contributed by atoms with E-state index in [0.29, 0.717) is 6.16 Å². The van der Waals surface area contributed by atoms with Crippen LogP contribution in [0.15, 0.2) is 91.0 Å². The Hall–Kier alpha value is -1.66. The van der Waals surface area contributed by atoms with Gasteiger partial charge in [-0.3, -0.25) is 0 Å². The Morgan fingerprint density at radius 2 is 0.957 bits per heavy atom. The molecular weight excluding hydrogens is 323 g/mol. The normalized spacial score (nSPS) is 13.5. The monoisotopic (exact) mass is 342 g/mol. The summed E-state index contributed by atoms with van der Waals surface area (Å²) in [5, 5.41) is 13.9. The fourth-order valence-corrected chi connectivity index (χ4v) is 8.47. The predicted octanol–water partition coefficient (Wildman–Crippen LogP) is 3.27. The number of aliphatic hydroxyl groups excluding tert-OH is 1. The Morgan fingerprint density at radius 3 is 1.22 bits per heavy atom. The van der Waals surface area contributed by atoms with Crippen LogP contribution in [0.4, 0.5) is 0 Å². The fourth-order valence-electron chi connectivity index (χ4n) is 3.27. The molecule has 0 aliphatic carbocycles. The topological polar surface area (TPSA) is 20.2 Å². The molecular formula is C20H20ClOP. The van der Waals surface area contributed by atoms with E-state index in [2.05, 4.69) is 72.8 Å². The number of alkyl halides is 1. The minimum atomic E-state index is -2.37. The van der Waals surface area contributed by atoms with Crippen molar-refractivity contribution in [1.29, 1.82) is 0 Å². The van der Waals surface area contributed by atoms with Crippen LogP contribution in [-0.4, -0.2) is 16.8 Å². The second-order valence-electron chi connectivity index (χ2n) is 5.64. The van der Waals surface area contributed by atoms with Gasteiger partial charge in [0.2, 0.25) is 0 Å². The summed E-state index contributed by atoms with van der Waals surface area (Å²) in [7, 11) is -2.37. The summed E-state index contributed by atoms with van der Waals surface area (Å²) in [5.41, 5.74) is -0.873. The zero-order chi connectivity index (χ0) is 16.1. The molecule has 118 valence electrons. The van der Waals surface area contributed by atoms with Crippen LogP contribution in [0.1, 0.15) is 0 Å². The summed E-state index contributed by atoms with van der Waals surface area (Å²) in [6.45, 7) is 0. The molecule has 3 rings (SSSR count). The van der Waals surface area contributed by atoms with E-state index in [1.807, 2.05) is 18.2 Å². The van der Waals surface area contributed by atoms with Crippen molar-refractivity contribution in [2.45, 2.75) is 5.56 Å². The molecule has 3 heteroatoms. The Bertz CT molecular complexity index is 633. The van der Waals surface area contributed by atoms with Gasteiger partial charge in [-0.1, -0.05) is 0 Å². The van der Waals surface area contributed by atoms with Gasteiger partial charge in [-0.25, -0.2) is 0 Å². The summed E-state index contributed by atoms with van der Waals surface area (Å²) in [4.78, 5) is 0. The molecule has 0 spiro atoms. The first-order valence-electron chi connectivity index (χ1n) is 7.72. The van der Waals surface area contributed by atoms with Gasteiger partial charge in [-0.2, -0.15) is 0 Å². The van der Waals surface area contributed by atoms with Crippen LogP contribution in [0.5, 0.6) is 0 Å². The summed E-state index contributed by atoms with van der Waals surface area (Å²) in [6.07, 6.45) is 0.548. The van der Waals surface area contributed by atoms with Crippen molar-refractivity contribution in [2.75, 3.05) is 6.16 Å². The molecule has 0 aromatic heterocycles. The summed E-state index contributed by atoms with van der Waals surface area (Å²) in [6, 6.07) is 31.4. The minimum absolute atomic E-state index is 0.548. The van der Waals surface area contributed by atoms with Gasteiger partial charge in [0.25, 0.3) is 0 Å². The maximum absolute atomic E-state index is 10.1. The van der Waals surface area contributed by atoms with Crippen molar-refractivity contribution in [2.24, 2.45) is 0 Å². The van der Waals surface area contributed by atoms with Crippen molar-refractivity contribution in [3.63, 3.8) is 0 Å². The second-order valence-corrected chi connectivity index (χ2v) is 10.1. The average molecular weight is 343 g/mol. The fraction of sp³-hybridized carbons (Fsp3) is 0.100. The number of aliphatic hydroxyl groups is 1. The summed E-state index contributed by atoms with van der Waals surface area (Å²) < 4.78 is 0. The summed E-state index contributed by atoms with van der Waals surface area (Å²) >= 11 is 6.10. The van der Waals surface area contributed by atoms with Crippen LogP contribution in [0.2, 0.25) is 0 Å². The van der Waals surface area contributed by atoms with E-state index in [1.54, 1.807) is 0 Å². The van der Waals surface area contributed by atoms with Crippen LogP contribution in [0.3, 0.4) is 0 Å². The molecule has 0 fully saturated rings. The molecule has 0 aliphatic heterocycles. The van der Waals surface area contributed by atoms with E-state index in [9.17, 15) is 5.11 Å². The number of benzene rings is 3. The third-order valence-corrected chi connectivity index (χ3v) is 9.64.